The molecule has 0 aromatic heterocycles. The van der Waals surface area contributed by atoms with Crippen LogP contribution in [0.15, 0.2) is 41.3 Å². The lowest BCUT2D eigenvalue weighted by atomic mass is 9.95. The fourth-order valence-electron chi connectivity index (χ4n) is 3.26. The zero-order valence-electron chi connectivity index (χ0n) is 14.2. The van der Waals surface area contributed by atoms with Crippen molar-refractivity contribution in [1.29, 1.82) is 0 Å². The van der Waals surface area contributed by atoms with E-state index in [1.807, 2.05) is 32.9 Å². The maximum Gasteiger partial charge on any atom is 0.243 e. The Hall–Kier alpha value is -1.98. The van der Waals surface area contributed by atoms with Gasteiger partial charge in [-0.25, -0.2) is 8.42 Å². The van der Waals surface area contributed by atoms with E-state index in [9.17, 15) is 13.2 Å². The summed E-state index contributed by atoms with van der Waals surface area (Å²) in [7, 11) is -3.61. The van der Waals surface area contributed by atoms with Gasteiger partial charge in [0.25, 0.3) is 0 Å². The summed E-state index contributed by atoms with van der Waals surface area (Å²) in [6.45, 7) is 6.24. The minimum atomic E-state index is -3.61. The molecule has 24 heavy (non-hydrogen) atoms. The zero-order valence-corrected chi connectivity index (χ0v) is 15.0. The molecular weight excluding hydrogens is 322 g/mol. The van der Waals surface area contributed by atoms with Crippen LogP contribution in [0.3, 0.4) is 0 Å². The SMILES string of the molecule is Cc1ccc(S(=O)(=O)N2CCC(=O)c3c(C)cc(C)cc3C2)cc1. The van der Waals surface area contributed by atoms with Gasteiger partial charge in [-0.3, -0.25) is 4.79 Å². The van der Waals surface area contributed by atoms with Gasteiger partial charge in [0.2, 0.25) is 10.0 Å². The maximum atomic E-state index is 13.0. The second-order valence-corrected chi connectivity index (χ2v) is 8.38. The van der Waals surface area contributed by atoms with Gasteiger partial charge in [-0.05, 0) is 44.0 Å². The number of benzene rings is 2. The Bertz CT molecular complexity index is 899. The molecule has 0 saturated carbocycles. The van der Waals surface area contributed by atoms with Crippen molar-refractivity contribution in [3.63, 3.8) is 0 Å². The molecule has 0 unspecified atom stereocenters. The van der Waals surface area contributed by atoms with E-state index in [-0.39, 0.29) is 30.2 Å². The first kappa shape index (κ1) is 16.9. The van der Waals surface area contributed by atoms with Gasteiger partial charge in [0.05, 0.1) is 4.90 Å². The molecule has 0 N–H and O–H groups in total. The summed E-state index contributed by atoms with van der Waals surface area (Å²) < 4.78 is 27.3. The molecule has 3 rings (SSSR count). The number of aryl methyl sites for hydroxylation is 3. The van der Waals surface area contributed by atoms with Crippen LogP contribution in [-0.4, -0.2) is 25.1 Å². The van der Waals surface area contributed by atoms with Crippen LogP contribution < -0.4 is 0 Å². The smallest absolute Gasteiger partial charge is 0.243 e. The van der Waals surface area contributed by atoms with Crippen molar-refractivity contribution >= 4 is 15.8 Å². The van der Waals surface area contributed by atoms with E-state index in [1.54, 1.807) is 24.3 Å². The van der Waals surface area contributed by atoms with Gasteiger partial charge in [0, 0.05) is 25.1 Å². The fraction of sp³-hybridized carbons (Fsp3) is 0.316. The van der Waals surface area contributed by atoms with Crippen molar-refractivity contribution in [2.24, 2.45) is 0 Å². The maximum absolute atomic E-state index is 13.0. The molecule has 1 aliphatic rings. The second kappa shape index (κ2) is 6.15. The molecular formula is C19H21NO3S. The lowest BCUT2D eigenvalue weighted by Gasteiger charge is -2.20. The van der Waals surface area contributed by atoms with Crippen LogP contribution in [0.2, 0.25) is 0 Å². The van der Waals surface area contributed by atoms with E-state index in [4.69, 9.17) is 0 Å². The molecule has 1 heterocycles. The Labute approximate surface area is 143 Å². The Balaban J connectivity index is 2.04. The highest BCUT2D eigenvalue weighted by molar-refractivity contribution is 7.89. The van der Waals surface area contributed by atoms with Gasteiger partial charge < -0.3 is 0 Å². The highest BCUT2D eigenvalue weighted by Gasteiger charge is 2.30. The molecule has 2 aromatic rings. The number of hydrogen-bond donors (Lipinski definition) is 0. The number of fused-ring (bicyclic) bond motifs is 1. The van der Waals surface area contributed by atoms with E-state index in [0.29, 0.717) is 5.56 Å². The Morgan fingerprint density at radius 1 is 0.958 bits per heavy atom. The van der Waals surface area contributed by atoms with Crippen LogP contribution in [0.5, 0.6) is 0 Å². The first-order valence-electron chi connectivity index (χ1n) is 7.99. The highest BCUT2D eigenvalue weighted by atomic mass is 32.2. The van der Waals surface area contributed by atoms with E-state index >= 15 is 0 Å². The van der Waals surface area contributed by atoms with Crippen molar-refractivity contribution < 1.29 is 13.2 Å². The molecule has 0 atom stereocenters. The Morgan fingerprint density at radius 2 is 1.62 bits per heavy atom. The van der Waals surface area contributed by atoms with Gasteiger partial charge >= 0.3 is 0 Å². The van der Waals surface area contributed by atoms with Crippen molar-refractivity contribution in [2.45, 2.75) is 38.6 Å². The monoisotopic (exact) mass is 343 g/mol. The molecule has 4 nitrogen and oxygen atoms in total. The molecule has 0 saturated heterocycles. The van der Waals surface area contributed by atoms with Crippen LogP contribution in [0.1, 0.15) is 39.0 Å². The van der Waals surface area contributed by atoms with Crippen molar-refractivity contribution in [3.05, 3.63) is 64.2 Å². The summed E-state index contributed by atoms with van der Waals surface area (Å²) in [4.78, 5) is 12.7. The first-order chi connectivity index (χ1) is 11.3. The van der Waals surface area contributed by atoms with E-state index in [1.165, 1.54) is 4.31 Å². The molecule has 0 spiro atoms. The molecule has 1 aliphatic heterocycles. The molecule has 5 heteroatoms. The molecule has 0 bridgehead atoms. The number of hydrogen-bond acceptors (Lipinski definition) is 3. The summed E-state index contributed by atoms with van der Waals surface area (Å²) in [5.74, 6) is 0.0177. The van der Waals surface area contributed by atoms with Gasteiger partial charge in [0.1, 0.15) is 0 Å². The molecule has 0 amide bonds. The lowest BCUT2D eigenvalue weighted by molar-refractivity contribution is 0.0980. The quantitative estimate of drug-likeness (QED) is 0.840. The molecule has 0 aliphatic carbocycles. The molecule has 2 aromatic carbocycles. The average Bonchev–Trinajstić information content (AvgIpc) is 2.67. The van der Waals surface area contributed by atoms with Crippen molar-refractivity contribution in [2.75, 3.05) is 6.54 Å². The predicted octanol–water partition coefficient (Wildman–Crippen LogP) is 3.39. The van der Waals surface area contributed by atoms with Gasteiger partial charge in [-0.15, -0.1) is 0 Å². The van der Waals surface area contributed by atoms with Crippen LogP contribution in [-0.2, 0) is 16.6 Å². The number of sulfonamides is 1. The number of carbonyl (C=O) groups excluding carboxylic acids is 1. The second-order valence-electron chi connectivity index (χ2n) is 6.44. The normalized spacial score (nSPS) is 15.9. The van der Waals surface area contributed by atoms with Crippen LogP contribution >= 0.6 is 0 Å². The standard InChI is InChI=1S/C19H21NO3S/c1-13-4-6-17(7-5-13)24(22,23)20-9-8-18(21)19-15(3)10-14(2)11-16(19)12-20/h4-7,10-11H,8-9,12H2,1-3H3. The van der Waals surface area contributed by atoms with Gasteiger partial charge in [-0.2, -0.15) is 4.31 Å². The third-order valence-corrected chi connectivity index (χ3v) is 6.29. The zero-order chi connectivity index (χ0) is 17.5. The van der Waals surface area contributed by atoms with Crippen LogP contribution in [0.25, 0.3) is 0 Å². The summed E-state index contributed by atoms with van der Waals surface area (Å²) in [6, 6.07) is 10.7. The summed E-state index contributed by atoms with van der Waals surface area (Å²) in [5.41, 5.74) is 4.45. The molecule has 0 radical (unpaired) electrons. The van der Waals surface area contributed by atoms with Gasteiger partial charge in [-0.1, -0.05) is 35.4 Å². The Morgan fingerprint density at radius 3 is 2.29 bits per heavy atom. The van der Waals surface area contributed by atoms with E-state index in [2.05, 4.69) is 0 Å². The Kier molecular flexibility index (Phi) is 4.32. The third kappa shape index (κ3) is 3.01. The van der Waals surface area contributed by atoms with E-state index in [0.717, 1.165) is 22.3 Å². The molecule has 0 fully saturated rings. The third-order valence-electron chi connectivity index (χ3n) is 4.43. The van der Waals surface area contributed by atoms with Crippen LogP contribution in [0, 0.1) is 20.8 Å². The predicted molar refractivity (Wildman–Crippen MR) is 93.6 cm³/mol. The number of rotatable bonds is 2. The largest absolute Gasteiger partial charge is 0.294 e. The highest BCUT2D eigenvalue weighted by Crippen LogP contribution is 2.27. The minimum Gasteiger partial charge on any atom is -0.294 e. The topological polar surface area (TPSA) is 54.5 Å². The number of carbonyl (C=O) groups is 1. The average molecular weight is 343 g/mol. The van der Waals surface area contributed by atoms with Crippen molar-refractivity contribution in [1.82, 2.24) is 4.31 Å². The summed E-state index contributed by atoms with van der Waals surface area (Å²) in [5, 5.41) is 0. The number of Topliss-reactive ketones (excluding diaryl/α,β-unsaturated/α-hetero) is 1. The molecule has 126 valence electrons. The van der Waals surface area contributed by atoms with Gasteiger partial charge in [0.15, 0.2) is 5.78 Å². The van der Waals surface area contributed by atoms with Crippen LogP contribution in [0.4, 0.5) is 0 Å². The lowest BCUT2D eigenvalue weighted by Crippen LogP contribution is -2.31. The minimum absolute atomic E-state index is 0.0177. The summed E-state index contributed by atoms with van der Waals surface area (Å²) >= 11 is 0. The number of nitrogens with zero attached hydrogens (tertiary/aromatic N) is 1. The van der Waals surface area contributed by atoms with E-state index < -0.39 is 10.0 Å². The fourth-order valence-corrected chi connectivity index (χ4v) is 4.68. The number of ketones is 1. The summed E-state index contributed by atoms with van der Waals surface area (Å²) in [6.07, 6.45) is 0.210. The van der Waals surface area contributed by atoms with Crippen molar-refractivity contribution in [3.8, 4) is 0 Å². The first-order valence-corrected chi connectivity index (χ1v) is 9.43.